The van der Waals surface area contributed by atoms with Crippen LogP contribution in [0.15, 0.2) is 34.8 Å². The van der Waals surface area contributed by atoms with Gasteiger partial charge < -0.3 is 4.74 Å². The summed E-state index contributed by atoms with van der Waals surface area (Å²) in [5.41, 5.74) is 1.04. The van der Waals surface area contributed by atoms with E-state index in [4.69, 9.17) is 4.74 Å². The third-order valence-electron chi connectivity index (χ3n) is 2.18. The van der Waals surface area contributed by atoms with E-state index >= 15 is 0 Å². The molecule has 0 aliphatic rings. The van der Waals surface area contributed by atoms with Gasteiger partial charge >= 0.3 is 0 Å². The lowest BCUT2D eigenvalue weighted by Crippen LogP contribution is -1.83. The van der Waals surface area contributed by atoms with Crippen molar-refractivity contribution in [3.63, 3.8) is 0 Å². The minimum Gasteiger partial charge on any atom is -0.497 e. The third kappa shape index (κ3) is 2.18. The predicted molar refractivity (Wildman–Crippen MR) is 69.4 cm³/mol. The van der Waals surface area contributed by atoms with Gasteiger partial charge in [0, 0.05) is 14.9 Å². The first-order valence-corrected chi connectivity index (χ1v) is 6.24. The van der Waals surface area contributed by atoms with Crippen molar-refractivity contribution in [1.29, 1.82) is 0 Å². The average Bonchev–Trinajstić information content (AvgIpc) is 2.78. The van der Waals surface area contributed by atoms with Gasteiger partial charge in [-0.3, -0.25) is 4.79 Å². The molecular formula is C12H9BrO2S. The number of thiophene rings is 1. The second-order valence-electron chi connectivity index (χ2n) is 3.17. The molecule has 0 aliphatic carbocycles. The van der Waals surface area contributed by atoms with Gasteiger partial charge in [-0.15, -0.1) is 11.3 Å². The van der Waals surface area contributed by atoms with E-state index < -0.39 is 0 Å². The van der Waals surface area contributed by atoms with Crippen LogP contribution >= 0.6 is 27.3 Å². The molecule has 0 amide bonds. The Bertz CT molecular complexity index is 519. The molecule has 0 fully saturated rings. The Morgan fingerprint density at radius 2 is 2.12 bits per heavy atom. The Morgan fingerprint density at radius 3 is 2.75 bits per heavy atom. The van der Waals surface area contributed by atoms with Crippen LogP contribution in [-0.2, 0) is 0 Å². The smallest absolute Gasteiger partial charge is 0.160 e. The van der Waals surface area contributed by atoms with Crippen LogP contribution in [0.5, 0.6) is 5.75 Å². The number of hydrogen-bond acceptors (Lipinski definition) is 3. The van der Waals surface area contributed by atoms with Gasteiger partial charge in [-0.05, 0) is 30.3 Å². The monoisotopic (exact) mass is 296 g/mol. The Morgan fingerprint density at radius 1 is 1.31 bits per heavy atom. The molecule has 1 heterocycles. The van der Waals surface area contributed by atoms with Gasteiger partial charge in [-0.25, -0.2) is 0 Å². The highest BCUT2D eigenvalue weighted by Gasteiger charge is 2.07. The lowest BCUT2D eigenvalue weighted by atomic mass is 10.2. The van der Waals surface area contributed by atoms with E-state index in [0.29, 0.717) is 0 Å². The summed E-state index contributed by atoms with van der Waals surface area (Å²) in [4.78, 5) is 12.4. The van der Waals surface area contributed by atoms with Crippen LogP contribution in [-0.4, -0.2) is 13.4 Å². The number of carbonyl (C=O) groups excluding carboxylic acids is 1. The molecule has 4 heteroatoms. The number of aldehydes is 1. The van der Waals surface area contributed by atoms with Crippen LogP contribution in [0.3, 0.4) is 0 Å². The molecule has 82 valence electrons. The minimum absolute atomic E-state index is 0.727. The molecule has 0 N–H and O–H groups in total. The first kappa shape index (κ1) is 11.4. The van der Waals surface area contributed by atoms with Crippen molar-refractivity contribution < 1.29 is 9.53 Å². The average molecular weight is 297 g/mol. The van der Waals surface area contributed by atoms with E-state index in [-0.39, 0.29) is 0 Å². The van der Waals surface area contributed by atoms with Crippen LogP contribution in [0.4, 0.5) is 0 Å². The second kappa shape index (κ2) is 4.80. The standard InChI is InChI=1S/C12H9BrO2S/c1-15-8-2-4-11(13)10(6-8)12-5-3-9(7-14)16-12/h2-7H,1H3. The van der Waals surface area contributed by atoms with Gasteiger partial charge in [0.05, 0.1) is 12.0 Å². The zero-order chi connectivity index (χ0) is 11.5. The summed E-state index contributed by atoms with van der Waals surface area (Å²) < 4.78 is 6.17. The normalized spacial score (nSPS) is 10.1. The highest BCUT2D eigenvalue weighted by atomic mass is 79.9. The second-order valence-corrected chi connectivity index (χ2v) is 5.14. The maximum absolute atomic E-state index is 10.6. The zero-order valence-electron chi connectivity index (χ0n) is 8.57. The summed E-state index contributed by atoms with van der Waals surface area (Å²) in [5.74, 6) is 0.805. The van der Waals surface area contributed by atoms with Crippen molar-refractivity contribution in [2.45, 2.75) is 0 Å². The van der Waals surface area contributed by atoms with E-state index in [0.717, 1.165) is 31.8 Å². The van der Waals surface area contributed by atoms with Gasteiger partial charge in [0.15, 0.2) is 6.29 Å². The van der Waals surface area contributed by atoms with E-state index in [1.54, 1.807) is 7.11 Å². The van der Waals surface area contributed by atoms with E-state index in [1.807, 2.05) is 30.3 Å². The van der Waals surface area contributed by atoms with Crippen molar-refractivity contribution in [2.24, 2.45) is 0 Å². The molecule has 0 radical (unpaired) electrons. The summed E-state index contributed by atoms with van der Waals surface area (Å²) in [6.07, 6.45) is 0.863. The van der Waals surface area contributed by atoms with Gasteiger partial charge in [-0.1, -0.05) is 15.9 Å². The maximum Gasteiger partial charge on any atom is 0.160 e. The number of hydrogen-bond donors (Lipinski definition) is 0. The fourth-order valence-electron chi connectivity index (χ4n) is 1.38. The van der Waals surface area contributed by atoms with Crippen molar-refractivity contribution >= 4 is 33.6 Å². The molecule has 0 aliphatic heterocycles. The zero-order valence-corrected chi connectivity index (χ0v) is 11.0. The predicted octanol–water partition coefficient (Wildman–Crippen LogP) is 4.00. The quantitative estimate of drug-likeness (QED) is 0.800. The molecule has 0 spiro atoms. The first-order valence-electron chi connectivity index (χ1n) is 4.63. The molecule has 1 aromatic heterocycles. The van der Waals surface area contributed by atoms with Crippen LogP contribution in [0.2, 0.25) is 0 Å². The Hall–Kier alpha value is -1.13. The molecule has 16 heavy (non-hydrogen) atoms. The molecule has 0 saturated heterocycles. The molecular weight excluding hydrogens is 288 g/mol. The SMILES string of the molecule is COc1ccc(Br)c(-c2ccc(C=O)s2)c1. The van der Waals surface area contributed by atoms with Crippen molar-refractivity contribution in [2.75, 3.05) is 7.11 Å². The molecule has 0 unspecified atom stereocenters. The lowest BCUT2D eigenvalue weighted by molar-refractivity contribution is 0.112. The molecule has 2 aromatic rings. The summed E-state index contributed by atoms with van der Waals surface area (Å²) in [6.45, 7) is 0. The lowest BCUT2D eigenvalue weighted by Gasteiger charge is -2.05. The topological polar surface area (TPSA) is 26.3 Å². The van der Waals surface area contributed by atoms with Crippen molar-refractivity contribution in [3.8, 4) is 16.2 Å². The number of benzene rings is 1. The van der Waals surface area contributed by atoms with Crippen LogP contribution in [0.25, 0.3) is 10.4 Å². The molecule has 0 atom stereocenters. The largest absolute Gasteiger partial charge is 0.497 e. The summed E-state index contributed by atoms with van der Waals surface area (Å²) in [6, 6.07) is 9.54. The minimum atomic E-state index is 0.727. The fourth-order valence-corrected chi connectivity index (χ4v) is 2.83. The molecule has 2 nitrogen and oxygen atoms in total. The number of methoxy groups -OCH3 is 1. The van der Waals surface area contributed by atoms with Crippen LogP contribution < -0.4 is 4.74 Å². The third-order valence-corrected chi connectivity index (χ3v) is 3.92. The highest BCUT2D eigenvalue weighted by Crippen LogP contribution is 2.35. The van der Waals surface area contributed by atoms with Gasteiger partial charge in [0.2, 0.25) is 0 Å². The summed E-state index contributed by atoms with van der Waals surface area (Å²) in [7, 11) is 1.64. The van der Waals surface area contributed by atoms with Crippen molar-refractivity contribution in [1.82, 2.24) is 0 Å². The molecule has 0 bridgehead atoms. The Labute approximate surface area is 106 Å². The van der Waals surface area contributed by atoms with Gasteiger partial charge in [0.25, 0.3) is 0 Å². The van der Waals surface area contributed by atoms with E-state index in [9.17, 15) is 4.79 Å². The highest BCUT2D eigenvalue weighted by molar-refractivity contribution is 9.10. The number of ether oxygens (including phenoxy) is 1. The number of carbonyl (C=O) groups is 1. The van der Waals surface area contributed by atoms with Gasteiger partial charge in [0.1, 0.15) is 5.75 Å². The summed E-state index contributed by atoms with van der Waals surface area (Å²) >= 11 is 4.96. The van der Waals surface area contributed by atoms with Gasteiger partial charge in [-0.2, -0.15) is 0 Å². The van der Waals surface area contributed by atoms with Crippen molar-refractivity contribution in [3.05, 3.63) is 39.7 Å². The fraction of sp³-hybridized carbons (Fsp3) is 0.0833. The van der Waals surface area contributed by atoms with Crippen LogP contribution in [0.1, 0.15) is 9.67 Å². The van der Waals surface area contributed by atoms with E-state index in [2.05, 4.69) is 15.9 Å². The molecule has 1 aromatic carbocycles. The maximum atomic E-state index is 10.6. The number of halogens is 1. The summed E-state index contributed by atoms with van der Waals surface area (Å²) in [5, 5.41) is 0. The Kier molecular flexibility index (Phi) is 3.41. The Balaban J connectivity index is 2.49. The van der Waals surface area contributed by atoms with E-state index in [1.165, 1.54) is 11.3 Å². The number of rotatable bonds is 3. The first-order chi connectivity index (χ1) is 7.74. The molecule has 0 saturated carbocycles. The molecule has 2 rings (SSSR count). The van der Waals surface area contributed by atoms with Crippen LogP contribution in [0, 0.1) is 0 Å².